The minimum atomic E-state index is -1.15. The fraction of sp³-hybridized carbons (Fsp3) is 0.357. The van der Waals surface area contributed by atoms with Gasteiger partial charge in [0.05, 0.1) is 12.1 Å². The molecule has 20 heavy (non-hydrogen) atoms. The van der Waals surface area contributed by atoms with E-state index in [0.717, 1.165) is 18.2 Å². The Morgan fingerprint density at radius 2 is 2.05 bits per heavy atom. The summed E-state index contributed by atoms with van der Waals surface area (Å²) >= 11 is 0. The summed E-state index contributed by atoms with van der Waals surface area (Å²) in [6.45, 7) is 0.721. The second-order valence-electron chi connectivity index (χ2n) is 5.23. The van der Waals surface area contributed by atoms with Crippen LogP contribution in [0.2, 0.25) is 0 Å². The standard InChI is InChI=1S/C14H15N3O3/c18-8-14(5-6-14)7-15-11-9-3-1-2-4-10(9)16-12(17-11)13(19)20/h1-4,18H,5-8H2,(H,19,20)(H,15,16,17). The molecule has 6 nitrogen and oxygen atoms in total. The molecule has 1 aromatic carbocycles. The summed E-state index contributed by atoms with van der Waals surface area (Å²) in [6, 6.07) is 7.27. The van der Waals surface area contributed by atoms with Gasteiger partial charge in [0.2, 0.25) is 5.82 Å². The van der Waals surface area contributed by atoms with Crippen LogP contribution in [-0.4, -0.2) is 39.3 Å². The van der Waals surface area contributed by atoms with Gasteiger partial charge in [-0.3, -0.25) is 0 Å². The lowest BCUT2D eigenvalue weighted by molar-refractivity contribution is 0.0684. The normalized spacial score (nSPS) is 16.1. The maximum absolute atomic E-state index is 11.1. The van der Waals surface area contributed by atoms with E-state index in [9.17, 15) is 9.90 Å². The van der Waals surface area contributed by atoms with Crippen molar-refractivity contribution in [1.82, 2.24) is 9.97 Å². The quantitative estimate of drug-likeness (QED) is 0.764. The molecule has 0 spiro atoms. The number of aliphatic hydroxyl groups is 1. The predicted molar refractivity (Wildman–Crippen MR) is 73.7 cm³/mol. The van der Waals surface area contributed by atoms with Gasteiger partial charge in [-0.15, -0.1) is 0 Å². The van der Waals surface area contributed by atoms with Crippen LogP contribution < -0.4 is 5.32 Å². The fourth-order valence-electron chi connectivity index (χ4n) is 2.15. The van der Waals surface area contributed by atoms with Gasteiger partial charge in [-0.1, -0.05) is 12.1 Å². The van der Waals surface area contributed by atoms with E-state index in [1.807, 2.05) is 12.1 Å². The van der Waals surface area contributed by atoms with Gasteiger partial charge in [0.25, 0.3) is 0 Å². The molecule has 1 aliphatic carbocycles. The summed E-state index contributed by atoms with van der Waals surface area (Å²) in [6.07, 6.45) is 1.95. The lowest BCUT2D eigenvalue weighted by Gasteiger charge is -2.14. The number of benzene rings is 1. The second-order valence-corrected chi connectivity index (χ2v) is 5.23. The van der Waals surface area contributed by atoms with Crippen molar-refractivity contribution in [3.63, 3.8) is 0 Å². The summed E-state index contributed by atoms with van der Waals surface area (Å²) in [7, 11) is 0. The Labute approximate surface area is 115 Å². The highest BCUT2D eigenvalue weighted by Crippen LogP contribution is 2.45. The Kier molecular flexibility index (Phi) is 3.02. The van der Waals surface area contributed by atoms with Gasteiger partial charge in [-0.2, -0.15) is 0 Å². The van der Waals surface area contributed by atoms with Crippen LogP contribution in [0.25, 0.3) is 10.9 Å². The maximum atomic E-state index is 11.1. The number of aromatic carboxylic acids is 1. The number of carboxylic acid groups (broad SMARTS) is 1. The first-order valence-corrected chi connectivity index (χ1v) is 6.48. The van der Waals surface area contributed by atoms with Gasteiger partial charge < -0.3 is 15.5 Å². The zero-order chi connectivity index (χ0) is 14.2. The minimum Gasteiger partial charge on any atom is -0.475 e. The number of anilines is 1. The molecule has 0 saturated heterocycles. The van der Waals surface area contributed by atoms with Crippen molar-refractivity contribution in [3.8, 4) is 0 Å². The lowest BCUT2D eigenvalue weighted by Crippen LogP contribution is -2.20. The number of aromatic nitrogens is 2. The zero-order valence-electron chi connectivity index (χ0n) is 10.8. The molecule has 3 rings (SSSR count). The molecule has 0 atom stereocenters. The highest BCUT2D eigenvalue weighted by molar-refractivity contribution is 5.93. The number of carboxylic acids is 1. The van der Waals surface area contributed by atoms with Gasteiger partial charge >= 0.3 is 5.97 Å². The van der Waals surface area contributed by atoms with Crippen LogP contribution in [0.4, 0.5) is 5.82 Å². The average molecular weight is 273 g/mol. The molecule has 3 N–H and O–H groups in total. The van der Waals surface area contributed by atoms with E-state index in [4.69, 9.17) is 5.11 Å². The number of nitrogens with one attached hydrogen (secondary N) is 1. The van der Waals surface area contributed by atoms with E-state index in [-0.39, 0.29) is 17.8 Å². The minimum absolute atomic E-state index is 0.0740. The molecule has 1 aromatic heterocycles. The second kappa shape index (κ2) is 4.72. The summed E-state index contributed by atoms with van der Waals surface area (Å²) in [5.74, 6) is -0.866. The van der Waals surface area contributed by atoms with E-state index in [2.05, 4.69) is 15.3 Å². The number of aliphatic hydroxyl groups excluding tert-OH is 1. The Bertz CT molecular complexity index is 668. The van der Waals surface area contributed by atoms with Crippen molar-refractivity contribution < 1.29 is 15.0 Å². The number of para-hydroxylation sites is 1. The Hall–Kier alpha value is -2.21. The Morgan fingerprint density at radius 1 is 1.30 bits per heavy atom. The topological polar surface area (TPSA) is 95.3 Å². The van der Waals surface area contributed by atoms with E-state index in [1.54, 1.807) is 12.1 Å². The number of rotatable bonds is 5. The zero-order valence-corrected chi connectivity index (χ0v) is 10.8. The molecule has 1 heterocycles. The summed E-state index contributed by atoms with van der Waals surface area (Å²) in [5, 5.41) is 22.3. The molecule has 1 saturated carbocycles. The molecule has 0 unspecified atom stereocenters. The van der Waals surface area contributed by atoms with E-state index < -0.39 is 5.97 Å². The lowest BCUT2D eigenvalue weighted by atomic mass is 10.1. The number of nitrogens with zero attached hydrogens (tertiary/aromatic N) is 2. The van der Waals surface area contributed by atoms with Gasteiger partial charge in [0.15, 0.2) is 0 Å². The molecular weight excluding hydrogens is 258 g/mol. The number of hydrogen-bond donors (Lipinski definition) is 3. The van der Waals surface area contributed by atoms with E-state index in [1.165, 1.54) is 0 Å². The highest BCUT2D eigenvalue weighted by atomic mass is 16.4. The van der Waals surface area contributed by atoms with Crippen LogP contribution in [-0.2, 0) is 0 Å². The Balaban J connectivity index is 1.97. The molecule has 0 radical (unpaired) electrons. The summed E-state index contributed by atoms with van der Waals surface area (Å²) < 4.78 is 0. The number of fused-ring (bicyclic) bond motifs is 1. The van der Waals surface area contributed by atoms with Crippen molar-refractivity contribution in [3.05, 3.63) is 30.1 Å². The predicted octanol–water partition coefficient (Wildman–Crippen LogP) is 1.51. The molecule has 6 heteroatoms. The van der Waals surface area contributed by atoms with Crippen molar-refractivity contribution in [2.75, 3.05) is 18.5 Å². The largest absolute Gasteiger partial charge is 0.475 e. The van der Waals surface area contributed by atoms with Crippen LogP contribution >= 0.6 is 0 Å². The number of carbonyl (C=O) groups is 1. The number of hydrogen-bond acceptors (Lipinski definition) is 5. The molecule has 104 valence electrons. The highest BCUT2D eigenvalue weighted by Gasteiger charge is 2.41. The van der Waals surface area contributed by atoms with Crippen LogP contribution in [0, 0.1) is 5.41 Å². The average Bonchev–Trinajstić information content (AvgIpc) is 3.25. The molecular formula is C14H15N3O3. The van der Waals surface area contributed by atoms with Gasteiger partial charge in [0, 0.05) is 17.3 Å². The fourth-order valence-corrected chi connectivity index (χ4v) is 2.15. The van der Waals surface area contributed by atoms with Crippen molar-refractivity contribution in [2.45, 2.75) is 12.8 Å². The van der Waals surface area contributed by atoms with E-state index in [0.29, 0.717) is 17.9 Å². The summed E-state index contributed by atoms with van der Waals surface area (Å²) in [5.41, 5.74) is 0.520. The summed E-state index contributed by atoms with van der Waals surface area (Å²) in [4.78, 5) is 19.2. The first-order chi connectivity index (χ1) is 9.63. The third kappa shape index (κ3) is 2.30. The van der Waals surface area contributed by atoms with E-state index >= 15 is 0 Å². The van der Waals surface area contributed by atoms with Crippen molar-refractivity contribution in [2.24, 2.45) is 5.41 Å². The van der Waals surface area contributed by atoms with Crippen LogP contribution in [0.15, 0.2) is 24.3 Å². The van der Waals surface area contributed by atoms with Crippen LogP contribution in [0.5, 0.6) is 0 Å². The van der Waals surface area contributed by atoms with Gasteiger partial charge in [-0.25, -0.2) is 14.8 Å². The first-order valence-electron chi connectivity index (χ1n) is 6.48. The first kappa shape index (κ1) is 12.8. The third-order valence-electron chi connectivity index (χ3n) is 3.72. The van der Waals surface area contributed by atoms with Crippen LogP contribution in [0.1, 0.15) is 23.5 Å². The monoisotopic (exact) mass is 273 g/mol. The molecule has 2 aromatic rings. The van der Waals surface area contributed by atoms with Crippen molar-refractivity contribution >= 4 is 22.7 Å². The van der Waals surface area contributed by atoms with Crippen molar-refractivity contribution in [1.29, 1.82) is 0 Å². The SMILES string of the molecule is O=C(O)c1nc(NCC2(CO)CC2)c2ccccc2n1. The maximum Gasteiger partial charge on any atom is 0.374 e. The Morgan fingerprint density at radius 3 is 2.70 bits per heavy atom. The van der Waals surface area contributed by atoms with Gasteiger partial charge in [-0.05, 0) is 25.0 Å². The van der Waals surface area contributed by atoms with Gasteiger partial charge in [0.1, 0.15) is 5.82 Å². The molecule has 0 aliphatic heterocycles. The molecule has 1 fully saturated rings. The molecule has 0 amide bonds. The van der Waals surface area contributed by atoms with Crippen LogP contribution in [0.3, 0.4) is 0 Å². The smallest absolute Gasteiger partial charge is 0.374 e. The molecule has 1 aliphatic rings. The molecule has 0 bridgehead atoms. The third-order valence-corrected chi connectivity index (χ3v) is 3.72.